The van der Waals surface area contributed by atoms with Gasteiger partial charge in [0.15, 0.2) is 5.82 Å². The number of benzene rings is 1. The molecule has 1 saturated heterocycles. The molecule has 2 aromatic rings. The summed E-state index contributed by atoms with van der Waals surface area (Å²) in [5.41, 5.74) is 3.96. The standard InChI is InChI=1S/C16H19FN4/c1-12-4-3-5-14(13(12)2)20-8-10-21(11-9-20)16-7-6-15(17)18-19-16/h3-7H,8-11H2,1-2H3. The zero-order valence-electron chi connectivity index (χ0n) is 12.4. The third kappa shape index (κ3) is 2.82. The quantitative estimate of drug-likeness (QED) is 0.849. The monoisotopic (exact) mass is 286 g/mol. The van der Waals surface area contributed by atoms with Gasteiger partial charge in [-0.15, -0.1) is 10.2 Å². The molecule has 0 saturated carbocycles. The largest absolute Gasteiger partial charge is 0.368 e. The van der Waals surface area contributed by atoms with E-state index in [9.17, 15) is 4.39 Å². The fraction of sp³-hybridized carbons (Fsp3) is 0.375. The molecule has 0 unspecified atom stereocenters. The van der Waals surface area contributed by atoms with E-state index in [0.29, 0.717) is 0 Å². The molecule has 5 heteroatoms. The average molecular weight is 286 g/mol. The average Bonchev–Trinajstić information content (AvgIpc) is 2.51. The van der Waals surface area contributed by atoms with Crippen LogP contribution in [-0.2, 0) is 0 Å². The van der Waals surface area contributed by atoms with E-state index < -0.39 is 5.95 Å². The Hall–Kier alpha value is -2.17. The predicted octanol–water partition coefficient (Wildman–Crippen LogP) is 2.56. The van der Waals surface area contributed by atoms with E-state index in [1.807, 2.05) is 0 Å². The summed E-state index contributed by atoms with van der Waals surface area (Å²) in [6, 6.07) is 9.48. The predicted molar refractivity (Wildman–Crippen MR) is 82.3 cm³/mol. The highest BCUT2D eigenvalue weighted by Gasteiger charge is 2.19. The first-order chi connectivity index (χ1) is 10.1. The maximum absolute atomic E-state index is 12.8. The number of anilines is 2. The summed E-state index contributed by atoms with van der Waals surface area (Å²) < 4.78 is 12.8. The van der Waals surface area contributed by atoms with Crippen LogP contribution in [-0.4, -0.2) is 36.4 Å². The van der Waals surface area contributed by atoms with Gasteiger partial charge in [0, 0.05) is 31.9 Å². The maximum Gasteiger partial charge on any atom is 0.233 e. The van der Waals surface area contributed by atoms with Gasteiger partial charge in [-0.25, -0.2) is 0 Å². The summed E-state index contributed by atoms with van der Waals surface area (Å²) in [6.07, 6.45) is 0. The Kier molecular flexibility index (Phi) is 3.73. The molecule has 1 aromatic carbocycles. The Morgan fingerprint density at radius 1 is 0.905 bits per heavy atom. The highest BCUT2D eigenvalue weighted by molar-refractivity contribution is 5.57. The van der Waals surface area contributed by atoms with Gasteiger partial charge in [0.2, 0.25) is 5.95 Å². The molecule has 2 heterocycles. The van der Waals surface area contributed by atoms with Crippen molar-refractivity contribution in [3.63, 3.8) is 0 Å². The highest BCUT2D eigenvalue weighted by atomic mass is 19.1. The molecule has 0 bridgehead atoms. The second-order valence-corrected chi connectivity index (χ2v) is 5.41. The number of hydrogen-bond donors (Lipinski definition) is 0. The van der Waals surface area contributed by atoms with Crippen LogP contribution in [0.3, 0.4) is 0 Å². The van der Waals surface area contributed by atoms with E-state index in [1.165, 1.54) is 22.9 Å². The van der Waals surface area contributed by atoms with Crippen LogP contribution in [0.25, 0.3) is 0 Å². The van der Waals surface area contributed by atoms with E-state index in [0.717, 1.165) is 32.0 Å². The lowest BCUT2D eigenvalue weighted by Gasteiger charge is -2.37. The molecule has 0 N–H and O–H groups in total. The number of halogens is 1. The Morgan fingerprint density at radius 2 is 1.62 bits per heavy atom. The van der Waals surface area contributed by atoms with Crippen molar-refractivity contribution in [2.45, 2.75) is 13.8 Å². The van der Waals surface area contributed by atoms with Gasteiger partial charge in [-0.3, -0.25) is 0 Å². The summed E-state index contributed by atoms with van der Waals surface area (Å²) in [4.78, 5) is 4.55. The van der Waals surface area contributed by atoms with Crippen LogP contribution < -0.4 is 9.80 Å². The smallest absolute Gasteiger partial charge is 0.233 e. The fourth-order valence-electron chi connectivity index (χ4n) is 2.73. The van der Waals surface area contributed by atoms with E-state index >= 15 is 0 Å². The van der Waals surface area contributed by atoms with Crippen molar-refractivity contribution in [1.82, 2.24) is 10.2 Å². The van der Waals surface area contributed by atoms with E-state index in [4.69, 9.17) is 0 Å². The van der Waals surface area contributed by atoms with Crippen molar-refractivity contribution in [1.29, 1.82) is 0 Å². The molecule has 3 rings (SSSR count). The Bertz CT molecular complexity index is 619. The molecular formula is C16H19FN4. The molecule has 0 amide bonds. The van der Waals surface area contributed by atoms with Crippen LogP contribution in [0.1, 0.15) is 11.1 Å². The Morgan fingerprint density at radius 3 is 2.29 bits per heavy atom. The summed E-state index contributed by atoms with van der Waals surface area (Å²) in [5, 5.41) is 7.40. The minimum absolute atomic E-state index is 0.534. The third-order valence-corrected chi connectivity index (χ3v) is 4.14. The number of hydrogen-bond acceptors (Lipinski definition) is 4. The summed E-state index contributed by atoms with van der Waals surface area (Å²) in [6.45, 7) is 7.92. The SMILES string of the molecule is Cc1cccc(N2CCN(c3ccc(F)nn3)CC2)c1C. The van der Waals surface area contributed by atoms with Crippen LogP contribution in [0, 0.1) is 19.8 Å². The molecule has 21 heavy (non-hydrogen) atoms. The van der Waals surface area contributed by atoms with E-state index in [1.54, 1.807) is 6.07 Å². The fourth-order valence-corrected chi connectivity index (χ4v) is 2.73. The molecule has 0 spiro atoms. The molecule has 0 atom stereocenters. The Balaban J connectivity index is 1.70. The number of piperazine rings is 1. The molecule has 1 aliphatic heterocycles. The van der Waals surface area contributed by atoms with Crippen LogP contribution in [0.5, 0.6) is 0 Å². The van der Waals surface area contributed by atoms with Gasteiger partial charge in [0.1, 0.15) is 0 Å². The van der Waals surface area contributed by atoms with Gasteiger partial charge in [0.25, 0.3) is 0 Å². The second-order valence-electron chi connectivity index (χ2n) is 5.41. The second kappa shape index (κ2) is 5.68. The molecule has 110 valence electrons. The van der Waals surface area contributed by atoms with Crippen molar-refractivity contribution >= 4 is 11.5 Å². The molecule has 1 aromatic heterocycles. The van der Waals surface area contributed by atoms with Crippen LogP contribution in [0.2, 0.25) is 0 Å². The van der Waals surface area contributed by atoms with Gasteiger partial charge >= 0.3 is 0 Å². The van der Waals surface area contributed by atoms with Gasteiger partial charge < -0.3 is 9.80 Å². The highest BCUT2D eigenvalue weighted by Crippen LogP contribution is 2.24. The maximum atomic E-state index is 12.8. The lowest BCUT2D eigenvalue weighted by molar-refractivity contribution is 0.558. The van der Waals surface area contributed by atoms with Crippen molar-refractivity contribution in [2.75, 3.05) is 36.0 Å². The molecule has 4 nitrogen and oxygen atoms in total. The van der Waals surface area contributed by atoms with Crippen LogP contribution in [0.15, 0.2) is 30.3 Å². The van der Waals surface area contributed by atoms with Crippen molar-refractivity contribution in [3.05, 3.63) is 47.4 Å². The van der Waals surface area contributed by atoms with Gasteiger partial charge in [-0.1, -0.05) is 12.1 Å². The zero-order valence-corrected chi connectivity index (χ0v) is 12.4. The lowest BCUT2D eigenvalue weighted by Crippen LogP contribution is -2.47. The lowest BCUT2D eigenvalue weighted by atomic mass is 10.1. The van der Waals surface area contributed by atoms with E-state index in [2.05, 4.69) is 52.0 Å². The first kappa shape index (κ1) is 13.8. The first-order valence-electron chi connectivity index (χ1n) is 7.20. The van der Waals surface area contributed by atoms with Gasteiger partial charge in [-0.05, 0) is 43.2 Å². The van der Waals surface area contributed by atoms with Crippen molar-refractivity contribution < 1.29 is 4.39 Å². The van der Waals surface area contributed by atoms with Crippen molar-refractivity contribution in [3.8, 4) is 0 Å². The molecule has 0 radical (unpaired) electrons. The first-order valence-corrected chi connectivity index (χ1v) is 7.20. The van der Waals surface area contributed by atoms with Crippen molar-refractivity contribution in [2.24, 2.45) is 0 Å². The number of rotatable bonds is 2. The third-order valence-electron chi connectivity index (χ3n) is 4.14. The summed E-state index contributed by atoms with van der Waals surface area (Å²) in [7, 11) is 0. The minimum Gasteiger partial charge on any atom is -0.368 e. The Labute approximate surface area is 124 Å². The molecule has 1 aliphatic rings. The molecular weight excluding hydrogens is 267 g/mol. The minimum atomic E-state index is -0.534. The number of aromatic nitrogens is 2. The van der Waals surface area contributed by atoms with Crippen LogP contribution in [0.4, 0.5) is 15.9 Å². The number of nitrogens with zero attached hydrogens (tertiary/aromatic N) is 4. The number of aryl methyl sites for hydroxylation is 1. The molecule has 1 fully saturated rings. The topological polar surface area (TPSA) is 32.3 Å². The summed E-state index contributed by atoms with van der Waals surface area (Å²) >= 11 is 0. The van der Waals surface area contributed by atoms with E-state index in [-0.39, 0.29) is 0 Å². The summed E-state index contributed by atoms with van der Waals surface area (Å²) in [5.74, 6) is 0.213. The van der Waals surface area contributed by atoms with Crippen LogP contribution >= 0.6 is 0 Å². The normalized spacial score (nSPS) is 15.4. The van der Waals surface area contributed by atoms with Gasteiger partial charge in [0.05, 0.1) is 0 Å². The zero-order chi connectivity index (χ0) is 14.8. The van der Waals surface area contributed by atoms with Gasteiger partial charge in [-0.2, -0.15) is 4.39 Å². The molecule has 0 aliphatic carbocycles.